The van der Waals surface area contributed by atoms with Crippen LogP contribution >= 0.6 is 0 Å². The van der Waals surface area contributed by atoms with E-state index in [0.717, 1.165) is 62.3 Å². The molecule has 7 nitrogen and oxygen atoms in total. The third-order valence-electron chi connectivity index (χ3n) is 5.65. The Morgan fingerprint density at radius 2 is 1.85 bits per heavy atom. The Balaban J connectivity index is 1.49. The molecule has 2 fully saturated rings. The van der Waals surface area contributed by atoms with Gasteiger partial charge in [0.25, 0.3) is 0 Å². The highest BCUT2D eigenvalue weighted by molar-refractivity contribution is 5.83. The largest absolute Gasteiger partial charge is 0.465 e. The molecular formula is C20H22N4O3. The number of benzene rings is 1. The fourth-order valence-corrected chi connectivity index (χ4v) is 4.42. The molecule has 1 aromatic heterocycles. The van der Waals surface area contributed by atoms with Crippen molar-refractivity contribution < 1.29 is 14.6 Å². The number of carboxylic acid groups (broad SMARTS) is 1. The lowest BCUT2D eigenvalue weighted by atomic mass is 10.1. The molecule has 1 aromatic carbocycles. The van der Waals surface area contributed by atoms with E-state index in [9.17, 15) is 4.79 Å². The number of nitrogens with zero attached hydrogens (tertiary/aromatic N) is 3. The first-order valence-corrected chi connectivity index (χ1v) is 9.56. The number of fused-ring (bicyclic) bond motifs is 3. The van der Waals surface area contributed by atoms with Crippen molar-refractivity contribution in [2.24, 2.45) is 0 Å². The molecule has 2 bridgehead atoms. The van der Waals surface area contributed by atoms with Crippen molar-refractivity contribution in [1.29, 1.82) is 0 Å². The molecule has 0 spiro atoms. The Hall–Kier alpha value is -2.67. The Morgan fingerprint density at radius 1 is 1.11 bits per heavy atom. The lowest BCUT2D eigenvalue weighted by Gasteiger charge is -2.34. The second-order valence-corrected chi connectivity index (χ2v) is 7.52. The molecule has 2 unspecified atom stereocenters. The van der Waals surface area contributed by atoms with Crippen LogP contribution in [0, 0.1) is 0 Å². The van der Waals surface area contributed by atoms with Gasteiger partial charge in [0.1, 0.15) is 5.82 Å². The van der Waals surface area contributed by atoms with E-state index in [-0.39, 0.29) is 0 Å². The van der Waals surface area contributed by atoms with Gasteiger partial charge in [-0.15, -0.1) is 0 Å². The average Bonchev–Trinajstić information content (AvgIpc) is 3.26. The third kappa shape index (κ3) is 3.12. The highest BCUT2D eigenvalue weighted by Gasteiger charge is 2.36. The van der Waals surface area contributed by atoms with E-state index in [1.54, 1.807) is 12.1 Å². The van der Waals surface area contributed by atoms with Gasteiger partial charge in [-0.1, -0.05) is 0 Å². The number of hydrogen-bond donors (Lipinski definition) is 2. The highest BCUT2D eigenvalue weighted by atomic mass is 16.5. The van der Waals surface area contributed by atoms with Gasteiger partial charge >= 0.3 is 6.09 Å². The summed E-state index contributed by atoms with van der Waals surface area (Å²) < 4.78 is 5.99. The molecule has 140 valence electrons. The van der Waals surface area contributed by atoms with Crippen molar-refractivity contribution in [3.63, 3.8) is 0 Å². The van der Waals surface area contributed by atoms with Crippen LogP contribution in [0.25, 0.3) is 11.4 Å². The molecule has 0 radical (unpaired) electrons. The fourth-order valence-electron chi connectivity index (χ4n) is 4.42. The molecule has 0 saturated carbocycles. The minimum absolute atomic E-state index is 0.320. The Kier molecular flexibility index (Phi) is 3.97. The van der Waals surface area contributed by atoms with Crippen LogP contribution in [0.15, 0.2) is 24.3 Å². The molecule has 2 atom stereocenters. The smallest absolute Gasteiger partial charge is 0.409 e. The van der Waals surface area contributed by atoms with Crippen LogP contribution in [0.3, 0.4) is 0 Å². The predicted molar refractivity (Wildman–Crippen MR) is 101 cm³/mol. The maximum atomic E-state index is 10.8. The van der Waals surface area contributed by atoms with Gasteiger partial charge in [-0.2, -0.15) is 0 Å². The van der Waals surface area contributed by atoms with Gasteiger partial charge in [-0.05, 0) is 56.4 Å². The zero-order valence-electron chi connectivity index (χ0n) is 15.0. The van der Waals surface area contributed by atoms with E-state index >= 15 is 0 Å². The van der Waals surface area contributed by atoms with Crippen molar-refractivity contribution in [2.75, 3.05) is 23.3 Å². The topological polar surface area (TPSA) is 87.6 Å². The fraction of sp³-hybridized carbons (Fsp3) is 0.450. The van der Waals surface area contributed by atoms with E-state index < -0.39 is 6.09 Å². The van der Waals surface area contributed by atoms with E-state index in [1.807, 2.05) is 12.1 Å². The van der Waals surface area contributed by atoms with Crippen molar-refractivity contribution in [3.05, 3.63) is 35.5 Å². The molecule has 27 heavy (non-hydrogen) atoms. The molecule has 1 amide bonds. The summed E-state index contributed by atoms with van der Waals surface area (Å²) in [6.45, 7) is 1.81. The second-order valence-electron chi connectivity index (χ2n) is 7.52. The van der Waals surface area contributed by atoms with Gasteiger partial charge in [0.2, 0.25) is 0 Å². The van der Waals surface area contributed by atoms with Gasteiger partial charge in [-0.25, -0.2) is 14.8 Å². The van der Waals surface area contributed by atoms with Crippen molar-refractivity contribution >= 4 is 17.6 Å². The normalized spacial score (nSPS) is 23.3. The number of rotatable bonds is 3. The first-order valence-electron chi connectivity index (χ1n) is 9.56. The lowest BCUT2D eigenvalue weighted by molar-refractivity contribution is 0.0301. The summed E-state index contributed by atoms with van der Waals surface area (Å²) in [7, 11) is 0. The van der Waals surface area contributed by atoms with E-state index in [4.69, 9.17) is 19.8 Å². The number of anilines is 2. The molecule has 2 saturated heterocycles. The van der Waals surface area contributed by atoms with Crippen LogP contribution in [0.5, 0.6) is 0 Å². The van der Waals surface area contributed by atoms with Crippen LogP contribution in [0.1, 0.15) is 30.5 Å². The predicted octanol–water partition coefficient (Wildman–Crippen LogP) is 3.09. The first-order chi connectivity index (χ1) is 13.2. The standard InChI is InChI=1S/C20H22N4O3/c25-20(26)21-13-6-4-12(5-7-13)18-22-17-3-1-2-16(17)19(23-18)24-10-14-8-9-15(11-24)27-14/h4-7,14-15,21H,1-3,8-11H2,(H,25,26). The average molecular weight is 366 g/mol. The number of aryl methyl sites for hydroxylation is 1. The summed E-state index contributed by atoms with van der Waals surface area (Å²) in [5, 5.41) is 11.2. The van der Waals surface area contributed by atoms with Crippen LogP contribution < -0.4 is 10.2 Å². The molecule has 2 N–H and O–H groups in total. The Morgan fingerprint density at radius 3 is 2.56 bits per heavy atom. The second kappa shape index (κ2) is 6.49. The van der Waals surface area contributed by atoms with E-state index in [1.165, 1.54) is 5.56 Å². The number of nitrogens with one attached hydrogen (secondary N) is 1. The van der Waals surface area contributed by atoms with Crippen molar-refractivity contribution in [1.82, 2.24) is 9.97 Å². The van der Waals surface area contributed by atoms with Gasteiger partial charge in [0, 0.05) is 35.6 Å². The van der Waals surface area contributed by atoms with Crippen LogP contribution in [0.4, 0.5) is 16.3 Å². The van der Waals surface area contributed by atoms with E-state index in [2.05, 4.69) is 10.2 Å². The number of hydrogen-bond acceptors (Lipinski definition) is 5. The van der Waals surface area contributed by atoms with Crippen LogP contribution in [-0.2, 0) is 17.6 Å². The molecule has 7 heteroatoms. The summed E-state index contributed by atoms with van der Waals surface area (Å²) in [6.07, 6.45) is 5.01. The summed E-state index contributed by atoms with van der Waals surface area (Å²) in [5.74, 6) is 1.78. The summed E-state index contributed by atoms with van der Waals surface area (Å²) in [5.41, 5.74) is 3.89. The molecule has 3 aliphatic rings. The van der Waals surface area contributed by atoms with E-state index in [0.29, 0.717) is 23.7 Å². The highest BCUT2D eigenvalue weighted by Crippen LogP contribution is 2.35. The number of aromatic nitrogens is 2. The zero-order chi connectivity index (χ0) is 18.4. The number of ether oxygens (including phenoxy) is 1. The zero-order valence-corrected chi connectivity index (χ0v) is 15.0. The van der Waals surface area contributed by atoms with Crippen molar-refractivity contribution in [2.45, 2.75) is 44.3 Å². The maximum absolute atomic E-state index is 10.8. The number of morpholine rings is 1. The molecular weight excluding hydrogens is 344 g/mol. The monoisotopic (exact) mass is 366 g/mol. The molecule has 2 aliphatic heterocycles. The molecule has 3 heterocycles. The number of amides is 1. The number of carbonyl (C=O) groups is 1. The summed E-state index contributed by atoms with van der Waals surface area (Å²) >= 11 is 0. The van der Waals surface area contributed by atoms with Gasteiger partial charge in [0.05, 0.1) is 12.2 Å². The Bertz CT molecular complexity index is 872. The quantitative estimate of drug-likeness (QED) is 0.868. The van der Waals surface area contributed by atoms with Gasteiger partial charge < -0.3 is 14.7 Å². The van der Waals surface area contributed by atoms with Crippen LogP contribution in [0.2, 0.25) is 0 Å². The maximum Gasteiger partial charge on any atom is 0.409 e. The molecule has 5 rings (SSSR count). The minimum Gasteiger partial charge on any atom is -0.465 e. The summed E-state index contributed by atoms with van der Waals surface area (Å²) in [6, 6.07) is 7.23. The van der Waals surface area contributed by atoms with Gasteiger partial charge in [0.15, 0.2) is 5.82 Å². The molecule has 1 aliphatic carbocycles. The lowest BCUT2D eigenvalue weighted by Crippen LogP contribution is -2.43. The van der Waals surface area contributed by atoms with Crippen molar-refractivity contribution in [3.8, 4) is 11.4 Å². The SMILES string of the molecule is O=C(O)Nc1ccc(-c2nc3c(c(N4CC5CCC(C4)O5)n2)CCC3)cc1. The van der Waals surface area contributed by atoms with Gasteiger partial charge in [-0.3, -0.25) is 5.32 Å². The van der Waals surface area contributed by atoms with Crippen LogP contribution in [-0.4, -0.2) is 46.5 Å². The Labute approximate surface area is 157 Å². The first kappa shape index (κ1) is 16.5. The third-order valence-corrected chi connectivity index (χ3v) is 5.65. The summed E-state index contributed by atoms with van der Waals surface area (Å²) in [4.78, 5) is 22.9. The molecule has 2 aromatic rings. The minimum atomic E-state index is -1.07.